The van der Waals surface area contributed by atoms with Gasteiger partial charge in [-0.1, -0.05) is 12.1 Å². The summed E-state index contributed by atoms with van der Waals surface area (Å²) >= 11 is 0. The zero-order chi connectivity index (χ0) is 14.4. The SMILES string of the molecule is COCc1ccc(C(=O)NCC(=O)N2CCCC2)cc1. The molecule has 2 amide bonds. The summed E-state index contributed by atoms with van der Waals surface area (Å²) in [5.74, 6) is -0.228. The van der Waals surface area contributed by atoms with Gasteiger partial charge in [0.05, 0.1) is 13.2 Å². The number of hydrogen-bond acceptors (Lipinski definition) is 3. The second kappa shape index (κ2) is 7.05. The third kappa shape index (κ3) is 3.81. The molecule has 1 fully saturated rings. The molecule has 1 aromatic rings. The Hall–Kier alpha value is -1.88. The minimum atomic E-state index is -0.221. The summed E-state index contributed by atoms with van der Waals surface area (Å²) < 4.78 is 5.01. The number of ether oxygens (including phenoxy) is 1. The first-order valence-corrected chi connectivity index (χ1v) is 6.84. The average Bonchev–Trinajstić information content (AvgIpc) is 3.00. The molecule has 0 aliphatic carbocycles. The van der Waals surface area contributed by atoms with Gasteiger partial charge in [0, 0.05) is 25.8 Å². The molecule has 0 saturated carbocycles. The highest BCUT2D eigenvalue weighted by molar-refractivity contribution is 5.96. The van der Waals surface area contributed by atoms with Crippen molar-refractivity contribution in [2.24, 2.45) is 0 Å². The van der Waals surface area contributed by atoms with Crippen LogP contribution in [0.5, 0.6) is 0 Å². The number of rotatable bonds is 5. The van der Waals surface area contributed by atoms with Crippen LogP contribution in [0.2, 0.25) is 0 Å². The molecule has 108 valence electrons. The first-order valence-electron chi connectivity index (χ1n) is 6.84. The number of likely N-dealkylation sites (tertiary alicyclic amines) is 1. The zero-order valence-corrected chi connectivity index (χ0v) is 11.7. The number of amides is 2. The molecule has 5 nitrogen and oxygen atoms in total. The van der Waals surface area contributed by atoms with Gasteiger partial charge in [-0.2, -0.15) is 0 Å². The lowest BCUT2D eigenvalue weighted by molar-refractivity contribution is -0.129. The van der Waals surface area contributed by atoms with E-state index >= 15 is 0 Å². The lowest BCUT2D eigenvalue weighted by atomic mass is 10.1. The summed E-state index contributed by atoms with van der Waals surface area (Å²) in [6.07, 6.45) is 2.11. The molecule has 0 atom stereocenters. The van der Waals surface area contributed by atoms with Crippen LogP contribution in [0.1, 0.15) is 28.8 Å². The van der Waals surface area contributed by atoms with Gasteiger partial charge in [-0.25, -0.2) is 0 Å². The Balaban J connectivity index is 1.83. The number of carbonyl (C=O) groups is 2. The molecule has 2 rings (SSSR count). The number of nitrogens with zero attached hydrogens (tertiary/aromatic N) is 1. The third-order valence-corrected chi connectivity index (χ3v) is 3.39. The normalized spacial score (nSPS) is 14.3. The van der Waals surface area contributed by atoms with Crippen LogP contribution in [0.4, 0.5) is 0 Å². The van der Waals surface area contributed by atoms with Gasteiger partial charge in [0.15, 0.2) is 0 Å². The fourth-order valence-electron chi connectivity index (χ4n) is 2.26. The minimum absolute atomic E-state index is 0.00754. The minimum Gasteiger partial charge on any atom is -0.380 e. The molecule has 0 aromatic heterocycles. The highest BCUT2D eigenvalue weighted by Gasteiger charge is 2.18. The molecule has 20 heavy (non-hydrogen) atoms. The van der Waals surface area contributed by atoms with Crippen molar-refractivity contribution < 1.29 is 14.3 Å². The van der Waals surface area contributed by atoms with Crippen molar-refractivity contribution in [1.29, 1.82) is 0 Å². The lowest BCUT2D eigenvalue weighted by Crippen LogP contribution is -2.38. The Labute approximate surface area is 118 Å². The van der Waals surface area contributed by atoms with E-state index in [-0.39, 0.29) is 18.4 Å². The third-order valence-electron chi connectivity index (χ3n) is 3.39. The average molecular weight is 276 g/mol. The van der Waals surface area contributed by atoms with Gasteiger partial charge in [0.25, 0.3) is 5.91 Å². The molecule has 1 aliphatic rings. The van der Waals surface area contributed by atoms with Crippen molar-refractivity contribution in [3.8, 4) is 0 Å². The first kappa shape index (κ1) is 14.5. The van der Waals surface area contributed by atoms with Gasteiger partial charge in [0.2, 0.25) is 5.91 Å². The highest BCUT2D eigenvalue weighted by atomic mass is 16.5. The molecule has 1 saturated heterocycles. The summed E-state index contributed by atoms with van der Waals surface area (Å²) in [6.45, 7) is 2.20. The molecule has 1 aromatic carbocycles. The van der Waals surface area contributed by atoms with Crippen LogP contribution in [0, 0.1) is 0 Å². The van der Waals surface area contributed by atoms with E-state index in [9.17, 15) is 9.59 Å². The van der Waals surface area contributed by atoms with Crippen LogP contribution < -0.4 is 5.32 Å². The maximum Gasteiger partial charge on any atom is 0.251 e. The van der Waals surface area contributed by atoms with Crippen LogP contribution >= 0.6 is 0 Å². The first-order chi connectivity index (χ1) is 9.70. The van der Waals surface area contributed by atoms with Gasteiger partial charge >= 0.3 is 0 Å². The summed E-state index contributed by atoms with van der Waals surface area (Å²) in [7, 11) is 1.63. The van der Waals surface area contributed by atoms with Crippen LogP contribution in [0.25, 0.3) is 0 Å². The highest BCUT2D eigenvalue weighted by Crippen LogP contribution is 2.08. The topological polar surface area (TPSA) is 58.6 Å². The van der Waals surface area contributed by atoms with Gasteiger partial charge in [-0.05, 0) is 30.5 Å². The number of nitrogens with one attached hydrogen (secondary N) is 1. The molecule has 1 heterocycles. The maximum atomic E-state index is 11.9. The quantitative estimate of drug-likeness (QED) is 0.878. The van der Waals surface area contributed by atoms with E-state index in [2.05, 4.69) is 5.32 Å². The van der Waals surface area contributed by atoms with E-state index in [0.29, 0.717) is 12.2 Å². The van der Waals surface area contributed by atoms with Crippen LogP contribution in [-0.4, -0.2) is 43.5 Å². The fraction of sp³-hybridized carbons (Fsp3) is 0.467. The molecule has 0 unspecified atom stereocenters. The zero-order valence-electron chi connectivity index (χ0n) is 11.7. The standard InChI is InChI=1S/C15H20N2O3/c1-20-11-12-4-6-13(7-5-12)15(19)16-10-14(18)17-8-2-3-9-17/h4-7H,2-3,8-11H2,1H3,(H,16,19). The molecule has 1 N–H and O–H groups in total. The largest absolute Gasteiger partial charge is 0.380 e. The lowest BCUT2D eigenvalue weighted by Gasteiger charge is -2.15. The fourth-order valence-corrected chi connectivity index (χ4v) is 2.26. The molecular formula is C15H20N2O3. The van der Waals surface area contributed by atoms with E-state index in [1.54, 1.807) is 24.1 Å². The summed E-state index contributed by atoms with van der Waals surface area (Å²) in [6, 6.07) is 7.18. The van der Waals surface area contributed by atoms with Crippen LogP contribution in [-0.2, 0) is 16.1 Å². The second-order valence-corrected chi connectivity index (χ2v) is 4.90. The Bertz CT molecular complexity index is 465. The van der Waals surface area contributed by atoms with Crippen molar-refractivity contribution >= 4 is 11.8 Å². The summed E-state index contributed by atoms with van der Waals surface area (Å²) in [5, 5.41) is 2.67. The summed E-state index contributed by atoms with van der Waals surface area (Å²) in [4.78, 5) is 25.5. The Morgan fingerprint density at radius 2 is 1.85 bits per heavy atom. The molecule has 5 heteroatoms. The Morgan fingerprint density at radius 3 is 2.45 bits per heavy atom. The van der Waals surface area contributed by atoms with E-state index in [0.717, 1.165) is 31.5 Å². The van der Waals surface area contributed by atoms with Crippen molar-refractivity contribution in [1.82, 2.24) is 10.2 Å². The van der Waals surface area contributed by atoms with Crippen molar-refractivity contribution in [2.45, 2.75) is 19.4 Å². The van der Waals surface area contributed by atoms with Gasteiger partial charge in [-0.3, -0.25) is 9.59 Å². The molecule has 0 bridgehead atoms. The van der Waals surface area contributed by atoms with E-state index < -0.39 is 0 Å². The van der Waals surface area contributed by atoms with Crippen LogP contribution in [0.15, 0.2) is 24.3 Å². The molecule has 1 aliphatic heterocycles. The second-order valence-electron chi connectivity index (χ2n) is 4.90. The maximum absolute atomic E-state index is 11.9. The van der Waals surface area contributed by atoms with Crippen molar-refractivity contribution in [3.05, 3.63) is 35.4 Å². The number of hydrogen-bond donors (Lipinski definition) is 1. The van der Waals surface area contributed by atoms with Gasteiger partial charge in [-0.15, -0.1) is 0 Å². The van der Waals surface area contributed by atoms with E-state index in [1.807, 2.05) is 12.1 Å². The van der Waals surface area contributed by atoms with E-state index in [1.165, 1.54) is 0 Å². The molecule has 0 spiro atoms. The Morgan fingerprint density at radius 1 is 1.20 bits per heavy atom. The van der Waals surface area contributed by atoms with E-state index in [4.69, 9.17) is 4.74 Å². The number of methoxy groups -OCH3 is 1. The predicted molar refractivity (Wildman–Crippen MR) is 75.3 cm³/mol. The van der Waals surface area contributed by atoms with Crippen molar-refractivity contribution in [2.75, 3.05) is 26.7 Å². The predicted octanol–water partition coefficient (Wildman–Crippen LogP) is 1.19. The van der Waals surface area contributed by atoms with Crippen LogP contribution in [0.3, 0.4) is 0 Å². The number of benzene rings is 1. The Kier molecular flexibility index (Phi) is 5.12. The number of carbonyl (C=O) groups excluding carboxylic acids is 2. The van der Waals surface area contributed by atoms with Crippen molar-refractivity contribution in [3.63, 3.8) is 0 Å². The molecular weight excluding hydrogens is 256 g/mol. The smallest absolute Gasteiger partial charge is 0.251 e. The van der Waals surface area contributed by atoms with Gasteiger partial charge in [0.1, 0.15) is 0 Å². The molecule has 0 radical (unpaired) electrons. The van der Waals surface area contributed by atoms with Gasteiger partial charge < -0.3 is 15.0 Å². The summed E-state index contributed by atoms with van der Waals surface area (Å²) in [5.41, 5.74) is 1.57. The monoisotopic (exact) mass is 276 g/mol.